The van der Waals surface area contributed by atoms with Crippen LogP contribution in [-0.4, -0.2) is 19.0 Å². The normalized spacial score (nSPS) is 13.7. The van der Waals surface area contributed by atoms with Gasteiger partial charge in [-0.05, 0) is 30.4 Å². The number of anilines is 1. The van der Waals surface area contributed by atoms with Gasteiger partial charge >= 0.3 is 0 Å². The van der Waals surface area contributed by atoms with Crippen molar-refractivity contribution in [2.45, 2.75) is 32.6 Å². The van der Waals surface area contributed by atoms with E-state index in [0.717, 1.165) is 25.9 Å². The number of nitrogens with one attached hydrogen (secondary N) is 2. The molecule has 1 heterocycles. The van der Waals surface area contributed by atoms with Gasteiger partial charge in [0.05, 0.1) is 0 Å². The van der Waals surface area contributed by atoms with Crippen LogP contribution in [0.15, 0.2) is 18.2 Å². The third kappa shape index (κ3) is 2.99. The van der Waals surface area contributed by atoms with Gasteiger partial charge in [0.25, 0.3) is 0 Å². The first-order chi connectivity index (χ1) is 8.31. The van der Waals surface area contributed by atoms with Crippen LogP contribution in [0.25, 0.3) is 0 Å². The summed E-state index contributed by atoms with van der Waals surface area (Å²) in [6.07, 6.45) is 3.84. The van der Waals surface area contributed by atoms with Gasteiger partial charge in [-0.1, -0.05) is 25.1 Å². The average Bonchev–Trinajstić information content (AvgIpc) is 2.39. The Bertz CT molecular complexity index is 401. The summed E-state index contributed by atoms with van der Waals surface area (Å²) in [5, 5.41) is 6.39. The van der Waals surface area contributed by atoms with Crippen LogP contribution < -0.4 is 10.6 Å². The lowest BCUT2D eigenvalue weighted by molar-refractivity contribution is -0.120. The zero-order valence-electron chi connectivity index (χ0n) is 10.4. The molecule has 1 amide bonds. The Balaban J connectivity index is 1.98. The number of hydrogen-bond acceptors (Lipinski definition) is 2. The van der Waals surface area contributed by atoms with Crippen molar-refractivity contribution in [3.63, 3.8) is 0 Å². The van der Waals surface area contributed by atoms with Crippen LogP contribution in [0.2, 0.25) is 0 Å². The highest BCUT2D eigenvalue weighted by molar-refractivity contribution is 5.75. The van der Waals surface area contributed by atoms with E-state index in [0.29, 0.717) is 6.42 Å². The van der Waals surface area contributed by atoms with E-state index in [-0.39, 0.29) is 5.91 Å². The molecule has 0 saturated carbocycles. The Morgan fingerprint density at radius 1 is 1.47 bits per heavy atom. The molecule has 0 bridgehead atoms. The van der Waals surface area contributed by atoms with E-state index in [4.69, 9.17) is 0 Å². The fourth-order valence-electron chi connectivity index (χ4n) is 2.25. The number of aryl methyl sites for hydroxylation is 1. The Morgan fingerprint density at radius 3 is 3.18 bits per heavy atom. The molecular weight excluding hydrogens is 212 g/mol. The molecule has 3 nitrogen and oxygen atoms in total. The van der Waals surface area contributed by atoms with Crippen molar-refractivity contribution in [1.29, 1.82) is 0 Å². The fourth-order valence-corrected chi connectivity index (χ4v) is 2.25. The van der Waals surface area contributed by atoms with E-state index in [9.17, 15) is 4.79 Å². The number of benzene rings is 1. The quantitative estimate of drug-likeness (QED) is 0.835. The predicted molar refractivity (Wildman–Crippen MR) is 70.3 cm³/mol. The molecule has 0 spiro atoms. The van der Waals surface area contributed by atoms with Gasteiger partial charge in [-0.2, -0.15) is 0 Å². The fraction of sp³-hybridized carbons (Fsp3) is 0.500. The Hall–Kier alpha value is -1.51. The molecule has 17 heavy (non-hydrogen) atoms. The van der Waals surface area contributed by atoms with Gasteiger partial charge in [0.2, 0.25) is 5.91 Å². The van der Waals surface area contributed by atoms with E-state index >= 15 is 0 Å². The second kappa shape index (κ2) is 5.71. The molecule has 0 fully saturated rings. The molecule has 2 rings (SSSR count). The monoisotopic (exact) mass is 232 g/mol. The molecule has 0 radical (unpaired) electrons. The zero-order chi connectivity index (χ0) is 12.1. The third-order valence-corrected chi connectivity index (χ3v) is 3.20. The summed E-state index contributed by atoms with van der Waals surface area (Å²) in [7, 11) is 0. The first kappa shape index (κ1) is 12.0. The van der Waals surface area contributed by atoms with Gasteiger partial charge in [0.1, 0.15) is 0 Å². The standard InChI is InChI=1S/C14H20N2O/c1-2-13(17)15-10-8-12-6-3-5-11-7-4-9-16-14(11)12/h3,5-6,16H,2,4,7-10H2,1H3,(H,15,17). The molecule has 1 aromatic rings. The molecule has 3 heteroatoms. The van der Waals surface area contributed by atoms with Crippen molar-refractivity contribution in [3.05, 3.63) is 29.3 Å². The van der Waals surface area contributed by atoms with Crippen molar-refractivity contribution in [1.82, 2.24) is 5.32 Å². The number of rotatable bonds is 4. The first-order valence-corrected chi connectivity index (χ1v) is 6.42. The van der Waals surface area contributed by atoms with Crippen LogP contribution in [0.1, 0.15) is 30.9 Å². The van der Waals surface area contributed by atoms with Crippen LogP contribution in [0.4, 0.5) is 5.69 Å². The molecule has 1 aliphatic heterocycles. The number of para-hydroxylation sites is 1. The summed E-state index contributed by atoms with van der Waals surface area (Å²) in [4.78, 5) is 11.2. The van der Waals surface area contributed by atoms with Crippen molar-refractivity contribution in [2.75, 3.05) is 18.4 Å². The lowest BCUT2D eigenvalue weighted by atomic mass is 9.98. The summed E-state index contributed by atoms with van der Waals surface area (Å²) < 4.78 is 0. The number of hydrogen-bond donors (Lipinski definition) is 2. The van der Waals surface area contributed by atoms with E-state index in [1.807, 2.05) is 6.92 Å². The average molecular weight is 232 g/mol. The third-order valence-electron chi connectivity index (χ3n) is 3.20. The maximum Gasteiger partial charge on any atom is 0.219 e. The van der Waals surface area contributed by atoms with Crippen molar-refractivity contribution >= 4 is 11.6 Å². The topological polar surface area (TPSA) is 41.1 Å². The van der Waals surface area contributed by atoms with Crippen molar-refractivity contribution in [2.24, 2.45) is 0 Å². The molecule has 0 unspecified atom stereocenters. The first-order valence-electron chi connectivity index (χ1n) is 6.42. The molecular formula is C14H20N2O. The van der Waals surface area contributed by atoms with Gasteiger partial charge in [0, 0.05) is 25.2 Å². The maximum atomic E-state index is 11.2. The van der Waals surface area contributed by atoms with Crippen LogP contribution in [0, 0.1) is 0 Å². The molecule has 0 saturated heterocycles. The van der Waals surface area contributed by atoms with E-state index < -0.39 is 0 Å². The summed E-state index contributed by atoms with van der Waals surface area (Å²) in [5.74, 6) is 0.128. The number of amides is 1. The molecule has 0 aromatic heterocycles. The maximum absolute atomic E-state index is 11.2. The lowest BCUT2D eigenvalue weighted by Crippen LogP contribution is -2.25. The summed E-state index contributed by atoms with van der Waals surface area (Å²) in [5.41, 5.74) is 4.03. The largest absolute Gasteiger partial charge is 0.385 e. The molecule has 1 aliphatic rings. The van der Waals surface area contributed by atoms with E-state index in [1.54, 1.807) is 0 Å². The van der Waals surface area contributed by atoms with Crippen LogP contribution >= 0.6 is 0 Å². The van der Waals surface area contributed by atoms with Gasteiger partial charge in [-0.3, -0.25) is 4.79 Å². The Kier molecular flexibility index (Phi) is 4.02. The SMILES string of the molecule is CCC(=O)NCCc1cccc2c1NCCC2. The summed E-state index contributed by atoms with van der Waals surface area (Å²) in [6, 6.07) is 6.45. The molecule has 2 N–H and O–H groups in total. The zero-order valence-corrected chi connectivity index (χ0v) is 10.4. The van der Waals surface area contributed by atoms with Gasteiger partial charge in [0.15, 0.2) is 0 Å². The van der Waals surface area contributed by atoms with Gasteiger partial charge < -0.3 is 10.6 Å². The summed E-state index contributed by atoms with van der Waals surface area (Å²) in [6.45, 7) is 3.66. The van der Waals surface area contributed by atoms with Gasteiger partial charge in [-0.25, -0.2) is 0 Å². The van der Waals surface area contributed by atoms with Crippen LogP contribution in [0.3, 0.4) is 0 Å². The van der Waals surface area contributed by atoms with Crippen LogP contribution in [0.5, 0.6) is 0 Å². The Labute approximate surface area is 103 Å². The van der Waals surface area contributed by atoms with E-state index in [2.05, 4.69) is 28.8 Å². The minimum absolute atomic E-state index is 0.128. The van der Waals surface area contributed by atoms with Crippen molar-refractivity contribution in [3.8, 4) is 0 Å². The highest BCUT2D eigenvalue weighted by Crippen LogP contribution is 2.26. The molecule has 0 aliphatic carbocycles. The molecule has 1 aromatic carbocycles. The second-order valence-corrected chi connectivity index (χ2v) is 4.44. The van der Waals surface area contributed by atoms with Gasteiger partial charge in [-0.15, -0.1) is 0 Å². The highest BCUT2D eigenvalue weighted by atomic mass is 16.1. The minimum atomic E-state index is 0.128. The predicted octanol–water partition coefficient (Wildman–Crippen LogP) is 2.11. The summed E-state index contributed by atoms with van der Waals surface area (Å²) >= 11 is 0. The van der Waals surface area contributed by atoms with Crippen molar-refractivity contribution < 1.29 is 4.79 Å². The Morgan fingerprint density at radius 2 is 2.35 bits per heavy atom. The second-order valence-electron chi connectivity index (χ2n) is 4.44. The molecule has 92 valence electrons. The van der Waals surface area contributed by atoms with Crippen LogP contribution in [-0.2, 0) is 17.6 Å². The number of carbonyl (C=O) groups is 1. The smallest absolute Gasteiger partial charge is 0.219 e. The number of carbonyl (C=O) groups excluding carboxylic acids is 1. The minimum Gasteiger partial charge on any atom is -0.385 e. The van der Waals surface area contributed by atoms with E-state index in [1.165, 1.54) is 23.2 Å². The number of fused-ring (bicyclic) bond motifs is 1. The lowest BCUT2D eigenvalue weighted by Gasteiger charge is -2.21. The molecule has 0 atom stereocenters. The highest BCUT2D eigenvalue weighted by Gasteiger charge is 2.11.